The van der Waals surface area contributed by atoms with Crippen LogP contribution >= 0.6 is 0 Å². The van der Waals surface area contributed by atoms with Crippen molar-refractivity contribution in [2.24, 2.45) is 5.92 Å². The molecule has 3 fully saturated rings. The van der Waals surface area contributed by atoms with Gasteiger partial charge in [-0.15, -0.1) is 0 Å². The molecule has 0 aromatic heterocycles. The van der Waals surface area contributed by atoms with E-state index in [0.29, 0.717) is 0 Å². The van der Waals surface area contributed by atoms with Crippen LogP contribution in [0.25, 0.3) is 0 Å². The summed E-state index contributed by atoms with van der Waals surface area (Å²) in [6.45, 7) is 2.67. The van der Waals surface area contributed by atoms with Gasteiger partial charge in [0.05, 0.1) is 0 Å². The molecule has 0 bridgehead atoms. The van der Waals surface area contributed by atoms with E-state index in [-0.39, 0.29) is 42.5 Å². The van der Waals surface area contributed by atoms with Crippen LogP contribution in [-0.4, -0.2) is 41.9 Å². The van der Waals surface area contributed by atoms with Gasteiger partial charge in [0.15, 0.2) is 0 Å². The molecule has 1 atom stereocenters. The first-order chi connectivity index (χ1) is 12.5. The molecular formula is C20H25F3N2O. The first-order valence-corrected chi connectivity index (χ1v) is 9.61. The lowest BCUT2D eigenvalue weighted by atomic mass is 9.65. The number of amides is 1. The molecule has 1 aromatic rings. The Morgan fingerprint density at radius 1 is 1.08 bits per heavy atom. The second-order valence-corrected chi connectivity index (χ2v) is 8.09. The molecule has 1 aromatic carbocycles. The smallest absolute Gasteiger partial charge is 0.209 e. The summed E-state index contributed by atoms with van der Waals surface area (Å²) in [5.41, 5.74) is -1.54. The lowest BCUT2D eigenvalue weighted by molar-refractivity contribution is -0.122. The maximum absolute atomic E-state index is 15.2. The molecule has 26 heavy (non-hydrogen) atoms. The van der Waals surface area contributed by atoms with Gasteiger partial charge < -0.3 is 4.90 Å². The Kier molecular flexibility index (Phi) is 4.71. The van der Waals surface area contributed by atoms with Crippen LogP contribution < -0.4 is 0 Å². The molecule has 4 rings (SSSR count). The summed E-state index contributed by atoms with van der Waals surface area (Å²) in [4.78, 5) is 14.9. The minimum atomic E-state index is -1.68. The Balaban J connectivity index is 1.47. The summed E-state index contributed by atoms with van der Waals surface area (Å²) >= 11 is 0. The average molecular weight is 366 g/mol. The molecule has 1 unspecified atom stereocenters. The number of carbonyl (C=O) groups is 1. The van der Waals surface area contributed by atoms with Crippen LogP contribution in [0.15, 0.2) is 12.1 Å². The fraction of sp³-hybridized carbons (Fsp3) is 0.650. The lowest BCUT2D eigenvalue weighted by Gasteiger charge is -2.46. The summed E-state index contributed by atoms with van der Waals surface area (Å²) in [6, 6.07) is 2.42. The number of likely N-dealkylation sites (tertiary alicyclic amines) is 2. The van der Waals surface area contributed by atoms with Gasteiger partial charge in [-0.05, 0) is 75.2 Å². The summed E-state index contributed by atoms with van der Waals surface area (Å²) < 4.78 is 44.2. The zero-order valence-corrected chi connectivity index (χ0v) is 14.9. The number of hydrogen-bond acceptors (Lipinski definition) is 2. The van der Waals surface area contributed by atoms with E-state index in [0.717, 1.165) is 51.7 Å². The monoisotopic (exact) mass is 366 g/mol. The van der Waals surface area contributed by atoms with Crippen molar-refractivity contribution in [1.82, 2.24) is 9.80 Å². The molecule has 0 N–H and O–H groups in total. The number of hydrogen-bond donors (Lipinski definition) is 0. The molecular weight excluding hydrogens is 341 g/mol. The van der Waals surface area contributed by atoms with Crippen LogP contribution in [0.4, 0.5) is 13.2 Å². The van der Waals surface area contributed by atoms with Crippen molar-refractivity contribution in [3.8, 4) is 0 Å². The van der Waals surface area contributed by atoms with Crippen molar-refractivity contribution in [3.05, 3.63) is 34.9 Å². The minimum Gasteiger partial charge on any atom is -0.342 e. The normalized spacial score (nSPS) is 32.0. The lowest BCUT2D eigenvalue weighted by Crippen LogP contribution is -2.47. The van der Waals surface area contributed by atoms with Gasteiger partial charge in [0.1, 0.15) is 17.3 Å². The quantitative estimate of drug-likeness (QED) is 0.741. The van der Waals surface area contributed by atoms with E-state index in [4.69, 9.17) is 0 Å². The topological polar surface area (TPSA) is 23.6 Å². The van der Waals surface area contributed by atoms with Crippen LogP contribution in [0.1, 0.15) is 49.7 Å². The fourth-order valence-electron chi connectivity index (χ4n) is 4.91. The molecule has 142 valence electrons. The zero-order chi connectivity index (χ0) is 18.3. The van der Waals surface area contributed by atoms with E-state index < -0.39 is 17.3 Å². The molecule has 2 aliphatic heterocycles. The van der Waals surface area contributed by atoms with E-state index >= 15 is 4.39 Å². The average Bonchev–Trinajstić information content (AvgIpc) is 3.26. The predicted octanol–water partition coefficient (Wildman–Crippen LogP) is 3.76. The summed E-state index contributed by atoms with van der Waals surface area (Å²) in [6.07, 6.45) is 5.22. The standard InChI is InChI=1S/C20H25F3N2O/c21-17-8-15(9-18(22)16(17)12-24-5-1-2-6-24)20(23)10-14(11-20)19-4-3-7-25(19)13-26/h8-9,13-14,19H,1-7,10-12H2. The van der Waals surface area contributed by atoms with Gasteiger partial charge in [0.25, 0.3) is 0 Å². The van der Waals surface area contributed by atoms with Gasteiger partial charge in [-0.2, -0.15) is 0 Å². The highest BCUT2D eigenvalue weighted by Crippen LogP contribution is 2.52. The van der Waals surface area contributed by atoms with Crippen molar-refractivity contribution in [3.63, 3.8) is 0 Å². The van der Waals surface area contributed by atoms with Crippen LogP contribution in [0.2, 0.25) is 0 Å². The molecule has 1 amide bonds. The molecule has 3 aliphatic rings. The summed E-state index contributed by atoms with van der Waals surface area (Å²) in [5.74, 6) is -1.23. The van der Waals surface area contributed by atoms with Gasteiger partial charge in [-0.3, -0.25) is 9.69 Å². The largest absolute Gasteiger partial charge is 0.342 e. The van der Waals surface area contributed by atoms with Crippen LogP contribution in [0, 0.1) is 17.6 Å². The van der Waals surface area contributed by atoms with E-state index in [1.807, 2.05) is 4.90 Å². The highest BCUT2D eigenvalue weighted by Gasteiger charge is 2.51. The van der Waals surface area contributed by atoms with Gasteiger partial charge in [0, 0.05) is 24.7 Å². The first kappa shape index (κ1) is 17.8. The first-order valence-electron chi connectivity index (χ1n) is 9.61. The van der Waals surface area contributed by atoms with Gasteiger partial charge in [0.2, 0.25) is 6.41 Å². The van der Waals surface area contributed by atoms with Crippen LogP contribution in [-0.2, 0) is 17.0 Å². The third kappa shape index (κ3) is 3.13. The van der Waals surface area contributed by atoms with E-state index in [9.17, 15) is 13.6 Å². The van der Waals surface area contributed by atoms with Crippen molar-refractivity contribution >= 4 is 6.41 Å². The second kappa shape index (κ2) is 6.87. The molecule has 1 aliphatic carbocycles. The maximum atomic E-state index is 15.2. The third-order valence-corrected chi connectivity index (χ3v) is 6.43. The summed E-state index contributed by atoms with van der Waals surface area (Å²) in [5, 5.41) is 0. The van der Waals surface area contributed by atoms with E-state index in [1.54, 1.807) is 4.90 Å². The molecule has 2 heterocycles. The number of halogens is 3. The Bertz CT molecular complexity index is 661. The Labute approximate surface area is 152 Å². The van der Waals surface area contributed by atoms with Crippen LogP contribution in [0.3, 0.4) is 0 Å². The zero-order valence-electron chi connectivity index (χ0n) is 14.9. The Morgan fingerprint density at radius 3 is 2.35 bits per heavy atom. The fourth-order valence-corrected chi connectivity index (χ4v) is 4.91. The number of nitrogens with zero attached hydrogens (tertiary/aromatic N) is 2. The van der Waals surface area contributed by atoms with Gasteiger partial charge in [-0.25, -0.2) is 13.2 Å². The maximum Gasteiger partial charge on any atom is 0.209 e. The minimum absolute atomic E-state index is 0.0399. The number of benzene rings is 1. The molecule has 6 heteroatoms. The number of carbonyl (C=O) groups excluding carboxylic acids is 1. The third-order valence-electron chi connectivity index (χ3n) is 6.43. The van der Waals surface area contributed by atoms with Crippen molar-refractivity contribution < 1.29 is 18.0 Å². The van der Waals surface area contributed by atoms with E-state index in [2.05, 4.69) is 0 Å². The second-order valence-electron chi connectivity index (χ2n) is 8.09. The van der Waals surface area contributed by atoms with Crippen molar-refractivity contribution in [2.45, 2.75) is 56.8 Å². The SMILES string of the molecule is O=CN1CCCC1C1CC(F)(c2cc(F)c(CN3CCCC3)c(F)c2)C1. The van der Waals surface area contributed by atoms with E-state index in [1.165, 1.54) is 12.1 Å². The van der Waals surface area contributed by atoms with Crippen molar-refractivity contribution in [2.75, 3.05) is 19.6 Å². The highest BCUT2D eigenvalue weighted by atomic mass is 19.1. The molecule has 3 nitrogen and oxygen atoms in total. The Morgan fingerprint density at radius 2 is 1.73 bits per heavy atom. The molecule has 0 spiro atoms. The number of rotatable bonds is 5. The Hall–Kier alpha value is -1.56. The van der Waals surface area contributed by atoms with Crippen molar-refractivity contribution in [1.29, 1.82) is 0 Å². The van der Waals surface area contributed by atoms with Gasteiger partial charge >= 0.3 is 0 Å². The molecule has 0 radical (unpaired) electrons. The summed E-state index contributed by atoms with van der Waals surface area (Å²) in [7, 11) is 0. The van der Waals surface area contributed by atoms with Gasteiger partial charge in [-0.1, -0.05) is 0 Å². The molecule has 1 saturated carbocycles. The number of alkyl halides is 1. The van der Waals surface area contributed by atoms with Crippen LogP contribution in [0.5, 0.6) is 0 Å². The molecule has 2 saturated heterocycles. The predicted molar refractivity (Wildman–Crippen MR) is 92.2 cm³/mol. The highest BCUT2D eigenvalue weighted by molar-refractivity contribution is 5.48.